The third-order valence-corrected chi connectivity index (χ3v) is 4.04. The van der Waals surface area contributed by atoms with Crippen molar-refractivity contribution in [1.29, 1.82) is 0 Å². The monoisotopic (exact) mass is 413 g/mol. The third kappa shape index (κ3) is 3.60. The molecule has 7 nitrogen and oxygen atoms in total. The molecular weight excluding hydrogens is 402 g/mol. The van der Waals surface area contributed by atoms with Crippen molar-refractivity contribution in [3.05, 3.63) is 58.6 Å². The van der Waals surface area contributed by atoms with Gasteiger partial charge in [-0.25, -0.2) is 0 Å². The third-order valence-electron chi connectivity index (χ3n) is 3.55. The van der Waals surface area contributed by atoms with Gasteiger partial charge in [-0.2, -0.15) is 0 Å². The van der Waals surface area contributed by atoms with Gasteiger partial charge < -0.3 is 13.9 Å². The first kappa shape index (κ1) is 16.3. The van der Waals surface area contributed by atoms with Crippen LogP contribution in [0, 0.1) is 0 Å². The Hall–Kier alpha value is -3.13. The van der Waals surface area contributed by atoms with Crippen LogP contribution in [0.3, 0.4) is 0 Å². The molecule has 4 rings (SSSR count). The molecule has 0 unspecified atom stereocenters. The molecule has 1 aliphatic heterocycles. The number of benzene rings is 2. The van der Waals surface area contributed by atoms with Crippen LogP contribution >= 0.6 is 15.9 Å². The molecule has 0 bridgehead atoms. The van der Waals surface area contributed by atoms with Crippen LogP contribution in [0.5, 0.6) is 11.5 Å². The molecule has 0 radical (unpaired) electrons. The van der Waals surface area contributed by atoms with Crippen molar-refractivity contribution in [3.8, 4) is 23.0 Å². The summed E-state index contributed by atoms with van der Waals surface area (Å²) in [4.78, 5) is 12.0. The molecule has 1 N–H and O–H groups in total. The number of ether oxygens (including phenoxy) is 2. The Bertz CT molecular complexity index is 1000. The maximum atomic E-state index is 12.0. The quantitative estimate of drug-likeness (QED) is 0.653. The second-order valence-corrected chi connectivity index (χ2v) is 6.27. The molecule has 3 aromatic rings. The van der Waals surface area contributed by atoms with Gasteiger partial charge in [0, 0.05) is 16.1 Å². The predicted molar refractivity (Wildman–Crippen MR) is 97.7 cm³/mol. The molecular formula is C18H12BrN3O4. The SMILES string of the molecule is O=C(/C=C/c1ccc2c(c1)OCO2)Nc1nnc(-c2cccc(Br)c2)o1. The lowest BCUT2D eigenvalue weighted by atomic mass is 10.2. The summed E-state index contributed by atoms with van der Waals surface area (Å²) < 4.78 is 16.9. The van der Waals surface area contributed by atoms with E-state index in [9.17, 15) is 4.79 Å². The van der Waals surface area contributed by atoms with Crippen LogP contribution in [0.4, 0.5) is 6.01 Å². The highest BCUT2D eigenvalue weighted by molar-refractivity contribution is 9.10. The first-order valence-corrected chi connectivity index (χ1v) is 8.45. The average molecular weight is 414 g/mol. The van der Waals surface area contributed by atoms with E-state index in [0.717, 1.165) is 15.6 Å². The summed E-state index contributed by atoms with van der Waals surface area (Å²) in [6.07, 6.45) is 3.03. The number of carbonyl (C=O) groups is 1. The highest BCUT2D eigenvalue weighted by atomic mass is 79.9. The standard InChI is InChI=1S/C18H12BrN3O4/c19-13-3-1-2-12(9-13)17-21-22-18(26-17)20-16(23)7-5-11-4-6-14-15(8-11)25-10-24-14/h1-9H,10H2,(H,20,22,23)/b7-5+. The molecule has 130 valence electrons. The summed E-state index contributed by atoms with van der Waals surface area (Å²) in [6.45, 7) is 0.209. The zero-order chi connectivity index (χ0) is 17.9. The summed E-state index contributed by atoms with van der Waals surface area (Å²) in [5, 5.41) is 10.3. The van der Waals surface area contributed by atoms with Gasteiger partial charge in [-0.3, -0.25) is 10.1 Å². The second-order valence-electron chi connectivity index (χ2n) is 5.36. The fraction of sp³-hybridized carbons (Fsp3) is 0.0556. The van der Waals surface area contributed by atoms with Crippen LogP contribution in [-0.4, -0.2) is 22.9 Å². The molecule has 0 atom stereocenters. The van der Waals surface area contributed by atoms with Crippen LogP contribution < -0.4 is 14.8 Å². The van der Waals surface area contributed by atoms with Gasteiger partial charge in [-0.1, -0.05) is 33.2 Å². The predicted octanol–water partition coefficient (Wildman–Crippen LogP) is 3.88. The molecule has 0 aliphatic carbocycles. The maximum absolute atomic E-state index is 12.0. The van der Waals surface area contributed by atoms with Crippen LogP contribution in [0.25, 0.3) is 17.5 Å². The lowest BCUT2D eigenvalue weighted by Crippen LogP contribution is -2.07. The van der Waals surface area contributed by atoms with Crippen molar-refractivity contribution >= 4 is 33.9 Å². The van der Waals surface area contributed by atoms with Crippen LogP contribution in [-0.2, 0) is 4.79 Å². The van der Waals surface area contributed by atoms with Gasteiger partial charge in [0.1, 0.15) is 0 Å². The fourth-order valence-electron chi connectivity index (χ4n) is 2.35. The number of rotatable bonds is 4. The largest absolute Gasteiger partial charge is 0.454 e. The van der Waals surface area contributed by atoms with E-state index in [1.54, 1.807) is 18.2 Å². The molecule has 0 saturated heterocycles. The van der Waals surface area contributed by atoms with E-state index in [0.29, 0.717) is 17.4 Å². The molecule has 1 aliphatic rings. The number of hydrogen-bond acceptors (Lipinski definition) is 6. The molecule has 2 aromatic carbocycles. The Morgan fingerprint density at radius 1 is 1.12 bits per heavy atom. The smallest absolute Gasteiger partial charge is 0.322 e. The van der Waals surface area contributed by atoms with E-state index in [-0.39, 0.29) is 18.7 Å². The van der Waals surface area contributed by atoms with E-state index in [1.807, 2.05) is 30.3 Å². The van der Waals surface area contributed by atoms with Crippen molar-refractivity contribution in [2.75, 3.05) is 12.1 Å². The number of aromatic nitrogens is 2. The lowest BCUT2D eigenvalue weighted by Gasteiger charge is -1.98. The van der Waals surface area contributed by atoms with E-state index in [2.05, 4.69) is 31.4 Å². The zero-order valence-electron chi connectivity index (χ0n) is 13.3. The molecule has 0 fully saturated rings. The summed E-state index contributed by atoms with van der Waals surface area (Å²) in [6, 6.07) is 12.9. The van der Waals surface area contributed by atoms with Gasteiger partial charge in [0.25, 0.3) is 5.91 Å². The van der Waals surface area contributed by atoms with Gasteiger partial charge in [0.2, 0.25) is 12.7 Å². The topological polar surface area (TPSA) is 86.5 Å². The zero-order valence-corrected chi connectivity index (χ0v) is 14.9. The number of amides is 1. The first-order chi connectivity index (χ1) is 12.7. The normalized spacial score (nSPS) is 12.5. The number of halogens is 1. The van der Waals surface area contributed by atoms with Crippen LogP contribution in [0.15, 0.2) is 57.4 Å². The first-order valence-electron chi connectivity index (χ1n) is 7.65. The Balaban J connectivity index is 1.42. The van der Waals surface area contributed by atoms with Gasteiger partial charge in [-0.15, -0.1) is 5.10 Å². The van der Waals surface area contributed by atoms with Crippen LogP contribution in [0.2, 0.25) is 0 Å². The highest BCUT2D eigenvalue weighted by Crippen LogP contribution is 2.32. The summed E-state index contributed by atoms with van der Waals surface area (Å²) in [5.41, 5.74) is 1.56. The van der Waals surface area contributed by atoms with Crippen LogP contribution in [0.1, 0.15) is 5.56 Å². The highest BCUT2D eigenvalue weighted by Gasteiger charge is 2.13. The number of nitrogens with one attached hydrogen (secondary N) is 1. The van der Waals surface area contributed by atoms with Gasteiger partial charge in [0.05, 0.1) is 0 Å². The number of carbonyl (C=O) groups excluding carboxylic acids is 1. The van der Waals surface area contributed by atoms with Gasteiger partial charge in [0.15, 0.2) is 11.5 Å². The Morgan fingerprint density at radius 3 is 2.88 bits per heavy atom. The van der Waals surface area contributed by atoms with Crippen molar-refractivity contribution < 1.29 is 18.7 Å². The van der Waals surface area contributed by atoms with E-state index in [1.165, 1.54) is 6.08 Å². The summed E-state index contributed by atoms with van der Waals surface area (Å²) in [5.74, 6) is 1.29. The number of hydrogen-bond donors (Lipinski definition) is 1. The van der Waals surface area contributed by atoms with Crippen molar-refractivity contribution in [2.45, 2.75) is 0 Å². The Morgan fingerprint density at radius 2 is 2.00 bits per heavy atom. The van der Waals surface area contributed by atoms with Gasteiger partial charge >= 0.3 is 6.01 Å². The van der Waals surface area contributed by atoms with Crippen molar-refractivity contribution in [1.82, 2.24) is 10.2 Å². The average Bonchev–Trinajstić information content (AvgIpc) is 3.28. The van der Waals surface area contributed by atoms with Gasteiger partial charge in [-0.05, 0) is 42.0 Å². The molecule has 0 spiro atoms. The lowest BCUT2D eigenvalue weighted by molar-refractivity contribution is -0.112. The number of nitrogens with zero attached hydrogens (tertiary/aromatic N) is 2. The molecule has 1 aromatic heterocycles. The Labute approximate surface area is 156 Å². The molecule has 0 saturated carbocycles. The minimum atomic E-state index is -0.382. The number of anilines is 1. The van der Waals surface area contributed by atoms with Crippen molar-refractivity contribution in [2.24, 2.45) is 0 Å². The minimum Gasteiger partial charge on any atom is -0.454 e. The fourth-order valence-corrected chi connectivity index (χ4v) is 2.75. The minimum absolute atomic E-state index is 0.0281. The maximum Gasteiger partial charge on any atom is 0.322 e. The molecule has 8 heteroatoms. The summed E-state index contributed by atoms with van der Waals surface area (Å²) in [7, 11) is 0. The number of fused-ring (bicyclic) bond motifs is 1. The van der Waals surface area contributed by atoms with Crippen molar-refractivity contribution in [3.63, 3.8) is 0 Å². The molecule has 1 amide bonds. The molecule has 2 heterocycles. The van der Waals surface area contributed by atoms with E-state index in [4.69, 9.17) is 13.9 Å². The van der Waals surface area contributed by atoms with E-state index >= 15 is 0 Å². The summed E-state index contributed by atoms with van der Waals surface area (Å²) >= 11 is 3.38. The van der Waals surface area contributed by atoms with E-state index < -0.39 is 0 Å². The Kier molecular flexibility index (Phi) is 4.40. The second kappa shape index (κ2) is 7.01. The molecule has 26 heavy (non-hydrogen) atoms.